The fourth-order valence-corrected chi connectivity index (χ4v) is 3.89. The molecule has 4 rings (SSSR count). The van der Waals surface area contributed by atoms with Gasteiger partial charge in [-0.25, -0.2) is 9.82 Å². The first-order valence-corrected chi connectivity index (χ1v) is 10.9. The number of hydrazone groups is 1. The van der Waals surface area contributed by atoms with Crippen LogP contribution in [0, 0.1) is 5.82 Å². The van der Waals surface area contributed by atoms with Crippen molar-refractivity contribution in [3.8, 4) is 0 Å². The fraction of sp³-hybridized carbons (Fsp3) is 0.200. The predicted octanol–water partition coefficient (Wildman–Crippen LogP) is 4.57. The number of para-hydroxylation sites is 1. The molecule has 164 valence electrons. The molecule has 5 nitrogen and oxygen atoms in total. The quantitative estimate of drug-likeness (QED) is 0.442. The molecular weight excluding hydrogens is 427 g/mol. The Bertz CT molecular complexity index is 1060. The monoisotopic (exact) mass is 450 g/mol. The molecule has 1 N–H and O–H groups in total. The zero-order chi connectivity index (χ0) is 22.3. The zero-order valence-electron chi connectivity index (χ0n) is 17.5. The number of benzene rings is 3. The van der Waals surface area contributed by atoms with Gasteiger partial charge in [0.2, 0.25) is 0 Å². The molecule has 0 radical (unpaired) electrons. The van der Waals surface area contributed by atoms with E-state index in [9.17, 15) is 9.18 Å². The van der Waals surface area contributed by atoms with E-state index in [-0.39, 0.29) is 16.5 Å². The number of amides is 1. The molecule has 0 spiro atoms. The minimum Gasteiger partial charge on any atom is -0.369 e. The highest BCUT2D eigenvalue weighted by molar-refractivity contribution is 6.33. The van der Waals surface area contributed by atoms with Crippen LogP contribution in [0.15, 0.2) is 77.9 Å². The van der Waals surface area contributed by atoms with Gasteiger partial charge in [-0.05, 0) is 42.0 Å². The maximum Gasteiger partial charge on any atom is 0.271 e. The number of nitrogens with zero attached hydrogens (tertiary/aromatic N) is 3. The van der Waals surface area contributed by atoms with E-state index in [2.05, 4.69) is 44.6 Å². The highest BCUT2D eigenvalue weighted by Gasteiger charge is 2.17. The number of carbonyl (C=O) groups is 1. The Morgan fingerprint density at radius 1 is 0.969 bits per heavy atom. The Kier molecular flexibility index (Phi) is 7.14. The molecule has 0 unspecified atom stereocenters. The van der Waals surface area contributed by atoms with E-state index in [1.807, 2.05) is 18.2 Å². The standard InChI is InChI=1S/C25H24ClFN4O/c26-23-7-4-8-24(27)22(23)17-28-29-25(32)20-11-9-19(10-12-20)18-30-13-15-31(16-14-30)21-5-2-1-3-6-21/h1-12,17H,13-16,18H2,(H,29,32)/b28-17-. The second-order valence-electron chi connectivity index (χ2n) is 7.63. The SMILES string of the molecule is O=C(N/N=C\c1c(F)cccc1Cl)c1ccc(CN2CCN(c3ccccc3)CC2)cc1. The molecule has 0 saturated carbocycles. The molecular formula is C25H24ClFN4O. The first kappa shape index (κ1) is 22.0. The minimum absolute atomic E-state index is 0.136. The highest BCUT2D eigenvalue weighted by Crippen LogP contribution is 2.18. The van der Waals surface area contributed by atoms with Crippen LogP contribution in [0.4, 0.5) is 10.1 Å². The number of hydrogen-bond acceptors (Lipinski definition) is 4. The fourth-order valence-electron chi connectivity index (χ4n) is 3.68. The first-order chi connectivity index (χ1) is 15.6. The smallest absolute Gasteiger partial charge is 0.271 e. The van der Waals surface area contributed by atoms with Gasteiger partial charge < -0.3 is 4.90 Å². The molecule has 1 fully saturated rings. The van der Waals surface area contributed by atoms with Crippen molar-refractivity contribution in [1.29, 1.82) is 0 Å². The average molecular weight is 451 g/mol. The lowest BCUT2D eigenvalue weighted by Gasteiger charge is -2.36. The van der Waals surface area contributed by atoms with Gasteiger partial charge in [0, 0.05) is 49.5 Å². The van der Waals surface area contributed by atoms with Crippen molar-refractivity contribution < 1.29 is 9.18 Å². The van der Waals surface area contributed by atoms with Gasteiger partial charge in [-0.1, -0.05) is 48.0 Å². The number of carbonyl (C=O) groups excluding carboxylic acids is 1. The van der Waals surface area contributed by atoms with Crippen LogP contribution in [-0.4, -0.2) is 43.2 Å². The van der Waals surface area contributed by atoms with Gasteiger partial charge >= 0.3 is 0 Å². The number of piperazine rings is 1. The van der Waals surface area contributed by atoms with Crippen molar-refractivity contribution in [2.24, 2.45) is 5.10 Å². The van der Waals surface area contributed by atoms with Crippen molar-refractivity contribution in [3.63, 3.8) is 0 Å². The topological polar surface area (TPSA) is 47.9 Å². The van der Waals surface area contributed by atoms with Gasteiger partial charge in [0.1, 0.15) is 5.82 Å². The predicted molar refractivity (Wildman–Crippen MR) is 127 cm³/mol. The van der Waals surface area contributed by atoms with E-state index in [4.69, 9.17) is 11.6 Å². The molecule has 0 atom stereocenters. The third kappa shape index (κ3) is 5.52. The van der Waals surface area contributed by atoms with Gasteiger partial charge in [-0.3, -0.25) is 9.69 Å². The van der Waals surface area contributed by atoms with Crippen LogP contribution in [0.25, 0.3) is 0 Å². The Morgan fingerprint density at radius 3 is 2.38 bits per heavy atom. The van der Waals surface area contributed by atoms with Gasteiger partial charge in [0.15, 0.2) is 0 Å². The molecule has 0 aromatic heterocycles. The normalized spacial score (nSPS) is 14.6. The molecule has 3 aromatic carbocycles. The Balaban J connectivity index is 1.28. The molecule has 32 heavy (non-hydrogen) atoms. The van der Waals surface area contributed by atoms with E-state index >= 15 is 0 Å². The molecule has 0 aliphatic carbocycles. The van der Waals surface area contributed by atoms with E-state index in [0.717, 1.165) is 38.3 Å². The van der Waals surface area contributed by atoms with Crippen molar-refractivity contribution in [2.75, 3.05) is 31.1 Å². The number of anilines is 1. The summed E-state index contributed by atoms with van der Waals surface area (Å²) in [4.78, 5) is 17.1. The lowest BCUT2D eigenvalue weighted by molar-refractivity contribution is 0.0955. The maximum absolute atomic E-state index is 13.7. The van der Waals surface area contributed by atoms with E-state index in [1.54, 1.807) is 18.2 Å². The molecule has 3 aromatic rings. The highest BCUT2D eigenvalue weighted by atomic mass is 35.5. The molecule has 7 heteroatoms. The molecule has 1 amide bonds. The summed E-state index contributed by atoms with van der Waals surface area (Å²) >= 11 is 5.95. The second-order valence-corrected chi connectivity index (χ2v) is 8.04. The average Bonchev–Trinajstić information content (AvgIpc) is 2.82. The summed E-state index contributed by atoms with van der Waals surface area (Å²) < 4.78 is 13.7. The second kappa shape index (κ2) is 10.4. The largest absolute Gasteiger partial charge is 0.369 e. The molecule has 1 saturated heterocycles. The van der Waals surface area contributed by atoms with Crippen LogP contribution in [0.2, 0.25) is 5.02 Å². The zero-order valence-corrected chi connectivity index (χ0v) is 18.3. The summed E-state index contributed by atoms with van der Waals surface area (Å²) in [6.07, 6.45) is 1.21. The number of hydrogen-bond donors (Lipinski definition) is 1. The van der Waals surface area contributed by atoms with E-state index in [0.29, 0.717) is 5.56 Å². The van der Waals surface area contributed by atoms with Crippen LogP contribution < -0.4 is 10.3 Å². The molecule has 1 heterocycles. The van der Waals surface area contributed by atoms with Crippen LogP contribution >= 0.6 is 11.6 Å². The number of nitrogens with one attached hydrogen (secondary N) is 1. The first-order valence-electron chi connectivity index (χ1n) is 10.5. The van der Waals surface area contributed by atoms with Crippen molar-refractivity contribution >= 4 is 29.4 Å². The van der Waals surface area contributed by atoms with Gasteiger partial charge in [-0.2, -0.15) is 5.10 Å². The molecule has 1 aliphatic heterocycles. The summed E-state index contributed by atoms with van der Waals surface area (Å²) in [5, 5.41) is 4.06. The summed E-state index contributed by atoms with van der Waals surface area (Å²) in [7, 11) is 0. The minimum atomic E-state index is -0.496. The van der Waals surface area contributed by atoms with Crippen LogP contribution in [0.1, 0.15) is 21.5 Å². The Labute approximate surface area is 192 Å². The van der Waals surface area contributed by atoms with Crippen LogP contribution in [0.3, 0.4) is 0 Å². The van der Waals surface area contributed by atoms with E-state index < -0.39 is 5.82 Å². The molecule has 1 aliphatic rings. The third-order valence-electron chi connectivity index (χ3n) is 5.48. The van der Waals surface area contributed by atoms with Gasteiger partial charge in [-0.15, -0.1) is 0 Å². The lowest BCUT2D eigenvalue weighted by Crippen LogP contribution is -2.45. The van der Waals surface area contributed by atoms with Gasteiger partial charge in [0.25, 0.3) is 5.91 Å². The number of halogens is 2. The summed E-state index contributed by atoms with van der Waals surface area (Å²) in [6, 6.07) is 22.3. The number of rotatable bonds is 6. The summed E-state index contributed by atoms with van der Waals surface area (Å²) in [5.41, 5.74) is 5.45. The van der Waals surface area contributed by atoms with Crippen molar-refractivity contribution in [1.82, 2.24) is 10.3 Å². The van der Waals surface area contributed by atoms with Crippen molar-refractivity contribution in [2.45, 2.75) is 6.54 Å². The van der Waals surface area contributed by atoms with Crippen molar-refractivity contribution in [3.05, 3.63) is 100 Å². The van der Waals surface area contributed by atoms with Crippen LogP contribution in [0.5, 0.6) is 0 Å². The van der Waals surface area contributed by atoms with E-state index in [1.165, 1.54) is 24.0 Å². The summed E-state index contributed by atoms with van der Waals surface area (Å²) in [5.74, 6) is -0.860. The molecule has 0 bridgehead atoms. The maximum atomic E-state index is 13.7. The summed E-state index contributed by atoms with van der Waals surface area (Å²) in [6.45, 7) is 4.81. The third-order valence-corrected chi connectivity index (χ3v) is 5.80. The Morgan fingerprint density at radius 2 is 1.69 bits per heavy atom. The lowest BCUT2D eigenvalue weighted by atomic mass is 10.1. The van der Waals surface area contributed by atoms with Crippen LogP contribution in [-0.2, 0) is 6.54 Å². The Hall–Kier alpha value is -3.22. The van der Waals surface area contributed by atoms with Gasteiger partial charge in [0.05, 0.1) is 11.2 Å².